The van der Waals surface area contributed by atoms with Crippen molar-refractivity contribution in [1.29, 1.82) is 0 Å². The summed E-state index contributed by atoms with van der Waals surface area (Å²) in [6, 6.07) is 76.2. The molecule has 1 aliphatic heterocycles. The Labute approximate surface area is 439 Å². The zero-order valence-electron chi connectivity index (χ0n) is 41.6. The van der Waals surface area contributed by atoms with Gasteiger partial charge in [-0.3, -0.25) is 0 Å². The molecule has 0 spiro atoms. The maximum absolute atomic E-state index is 4.93. The third-order valence-corrected chi connectivity index (χ3v) is 14.7. The molecule has 350 valence electrons. The molecule has 0 nitrogen and oxygen atoms in total. The van der Waals surface area contributed by atoms with E-state index < -0.39 is 20.8 Å². The zero-order valence-corrected chi connectivity index (χ0v) is 46.6. The maximum Gasteiger partial charge on any atom is 0.0920 e. The number of fused-ring (bicyclic) bond motifs is 5. The normalized spacial score (nSPS) is 11.5. The van der Waals surface area contributed by atoms with Gasteiger partial charge in [-0.2, -0.15) is 41.6 Å². The van der Waals surface area contributed by atoms with Crippen LogP contribution in [0, 0.1) is 6.07 Å². The minimum atomic E-state index is -0.826. The molecule has 0 bridgehead atoms. The van der Waals surface area contributed by atoms with Crippen LogP contribution in [0.5, 0.6) is 0 Å². The first-order chi connectivity index (χ1) is 34.0. The molecule has 0 fully saturated rings. The zero-order chi connectivity index (χ0) is 49.3. The van der Waals surface area contributed by atoms with Crippen molar-refractivity contribution >= 4 is 58.5 Å². The van der Waals surface area contributed by atoms with Gasteiger partial charge in [0.25, 0.3) is 0 Å². The molecule has 10 aromatic carbocycles. The summed E-state index contributed by atoms with van der Waals surface area (Å²) in [5, 5.41) is 8.24. The molecular formula is C66H61Cl2SiZr-3. The molecule has 0 aromatic heterocycles. The van der Waals surface area contributed by atoms with Crippen LogP contribution in [0.4, 0.5) is 0 Å². The van der Waals surface area contributed by atoms with Crippen LogP contribution < -0.4 is 10.4 Å². The Morgan fingerprint density at radius 2 is 0.814 bits per heavy atom. The molecule has 0 aliphatic carbocycles. The predicted molar refractivity (Wildman–Crippen MR) is 305 cm³/mol. The molecule has 2 radical (unpaired) electrons. The van der Waals surface area contributed by atoms with Gasteiger partial charge in [-0.1, -0.05) is 223 Å². The number of rotatable bonds is 8. The van der Waals surface area contributed by atoms with E-state index in [0.29, 0.717) is 23.7 Å². The van der Waals surface area contributed by atoms with E-state index in [0.717, 1.165) is 9.52 Å². The first-order valence-corrected chi connectivity index (χ1v) is 31.9. The van der Waals surface area contributed by atoms with Gasteiger partial charge in [0.1, 0.15) is 0 Å². The van der Waals surface area contributed by atoms with Gasteiger partial charge < -0.3 is 0 Å². The third-order valence-electron chi connectivity index (χ3n) is 13.4. The Bertz CT molecular complexity index is 3080. The molecule has 70 heavy (non-hydrogen) atoms. The van der Waals surface area contributed by atoms with E-state index in [2.05, 4.69) is 256 Å². The summed E-state index contributed by atoms with van der Waals surface area (Å²) in [7, 11) is 10.7. The Morgan fingerprint density at radius 1 is 0.414 bits per heavy atom. The molecule has 11 rings (SSSR count). The molecule has 0 unspecified atom stereocenters. The van der Waals surface area contributed by atoms with E-state index in [-0.39, 0.29) is 0 Å². The van der Waals surface area contributed by atoms with Crippen LogP contribution in [-0.4, -0.2) is 9.52 Å². The van der Waals surface area contributed by atoms with Crippen molar-refractivity contribution in [2.24, 2.45) is 0 Å². The number of benzene rings is 8. The SMILES string of the molecule is CC(C)c1cc2c(-c3ccccc3C(C)C)c(-c3ccccc3)ccc2[cH-]1.CC(C)c1cc2c(-c3ccccc3C(C)C)c(-c3ccccc3)ccc2[cH-]1.[Cl][Zr][Cl].[c-]1cccc2c1[Si]c1ccccc1-2. The van der Waals surface area contributed by atoms with Gasteiger partial charge in [0.05, 0.1) is 9.52 Å². The second-order valence-corrected chi connectivity index (χ2v) is 24.3. The topological polar surface area (TPSA) is 0 Å². The Balaban J connectivity index is 0.000000144. The number of hydrogen-bond donors (Lipinski definition) is 0. The first kappa shape index (κ1) is 51.0. The Hall–Kier alpha value is -5.34. The molecule has 0 amide bonds. The van der Waals surface area contributed by atoms with Crippen molar-refractivity contribution in [3.05, 3.63) is 229 Å². The summed E-state index contributed by atoms with van der Waals surface area (Å²) in [4.78, 5) is 0. The van der Waals surface area contributed by atoms with E-state index in [1.54, 1.807) is 0 Å². The van der Waals surface area contributed by atoms with Crippen LogP contribution in [-0.2, 0) is 20.8 Å². The summed E-state index contributed by atoms with van der Waals surface area (Å²) in [6.45, 7) is 18.2. The minimum absolute atomic E-state index is 0.486. The van der Waals surface area contributed by atoms with Crippen LogP contribution in [0.2, 0.25) is 0 Å². The van der Waals surface area contributed by atoms with E-state index >= 15 is 0 Å². The number of hydrogen-bond acceptors (Lipinski definition) is 0. The molecule has 1 aliphatic rings. The van der Waals surface area contributed by atoms with Gasteiger partial charge in [0, 0.05) is 0 Å². The van der Waals surface area contributed by atoms with Crippen molar-refractivity contribution < 1.29 is 20.8 Å². The van der Waals surface area contributed by atoms with Crippen molar-refractivity contribution in [2.75, 3.05) is 0 Å². The minimum Gasteiger partial charge on any atom is -0.184 e. The predicted octanol–water partition coefficient (Wildman–Crippen LogP) is 18.8. The Morgan fingerprint density at radius 3 is 1.26 bits per heavy atom. The van der Waals surface area contributed by atoms with Gasteiger partial charge >= 0.3 is 37.9 Å². The van der Waals surface area contributed by atoms with E-state index in [4.69, 9.17) is 17.0 Å². The fourth-order valence-corrected chi connectivity index (χ4v) is 11.1. The summed E-state index contributed by atoms with van der Waals surface area (Å²) in [5.74, 6) is 2.04. The summed E-state index contributed by atoms with van der Waals surface area (Å²) < 4.78 is 0. The van der Waals surface area contributed by atoms with Gasteiger partial charge in [-0.15, -0.1) is 62.5 Å². The molecule has 0 saturated carbocycles. The van der Waals surface area contributed by atoms with Gasteiger partial charge in [-0.25, -0.2) is 0 Å². The van der Waals surface area contributed by atoms with Crippen LogP contribution >= 0.6 is 17.0 Å². The third kappa shape index (κ3) is 11.4. The fraction of sp³-hybridized carbons (Fsp3) is 0.182. The molecule has 4 heteroatoms. The standard InChI is InChI=1S/2C27H27.C12H7Si.2ClH.Zr/c2*1-18(2)22-16-21-14-15-24(20-10-6-5-7-11-20)27(26(21)17-22)25-13-9-8-12-23(25)19(3)4;1-3-7-11-9(5-1)10-6-2-4-8-12(10)13-11;;;/h2*5-19H,1-4H3;1-7H;2*1H;/q3*-1;;;+2/p-2. The molecule has 10 aromatic rings. The van der Waals surface area contributed by atoms with Crippen molar-refractivity contribution in [2.45, 2.75) is 79.1 Å². The summed E-state index contributed by atoms with van der Waals surface area (Å²) in [5.41, 5.74) is 19.1. The molecule has 0 atom stereocenters. The van der Waals surface area contributed by atoms with Crippen molar-refractivity contribution in [3.63, 3.8) is 0 Å². The van der Waals surface area contributed by atoms with E-state index in [1.807, 2.05) is 6.07 Å². The summed E-state index contributed by atoms with van der Waals surface area (Å²) in [6.07, 6.45) is 0. The summed E-state index contributed by atoms with van der Waals surface area (Å²) >= 11 is -0.826. The average Bonchev–Trinajstić information content (AvgIpc) is 4.13. The quantitative estimate of drug-likeness (QED) is 0.105. The fourth-order valence-electron chi connectivity index (χ4n) is 9.76. The van der Waals surface area contributed by atoms with E-state index in [1.165, 1.54) is 110 Å². The average molecular weight is 1040 g/mol. The van der Waals surface area contributed by atoms with Gasteiger partial charge in [0.2, 0.25) is 0 Å². The molecule has 1 heterocycles. The Kier molecular flexibility index (Phi) is 17.3. The molecular weight excluding hydrogens is 983 g/mol. The largest absolute Gasteiger partial charge is 0.184 e. The van der Waals surface area contributed by atoms with E-state index in [9.17, 15) is 0 Å². The monoisotopic (exact) mass is 1040 g/mol. The van der Waals surface area contributed by atoms with Crippen LogP contribution in [0.3, 0.4) is 0 Å². The maximum atomic E-state index is 4.93. The first-order valence-electron chi connectivity index (χ1n) is 24.6. The van der Waals surface area contributed by atoms with Gasteiger partial charge in [0.15, 0.2) is 0 Å². The second-order valence-electron chi connectivity index (χ2n) is 19.3. The van der Waals surface area contributed by atoms with Crippen molar-refractivity contribution in [3.8, 4) is 55.6 Å². The van der Waals surface area contributed by atoms with Gasteiger partial charge in [-0.05, 0) is 68.2 Å². The smallest absolute Gasteiger partial charge is 0.0920 e. The van der Waals surface area contributed by atoms with Crippen LogP contribution in [0.15, 0.2) is 200 Å². The van der Waals surface area contributed by atoms with Crippen LogP contribution in [0.25, 0.3) is 77.2 Å². The second kappa shape index (κ2) is 23.7. The molecule has 0 saturated heterocycles. The molecule has 0 N–H and O–H groups in total. The van der Waals surface area contributed by atoms with Crippen molar-refractivity contribution in [1.82, 2.24) is 0 Å². The van der Waals surface area contributed by atoms with Crippen LogP contribution in [0.1, 0.15) is 101 Å². The number of halogens is 2.